The summed E-state index contributed by atoms with van der Waals surface area (Å²) in [6.07, 6.45) is -5.59. The first-order valence-corrected chi connectivity index (χ1v) is 6.09. The average Bonchev–Trinajstić information content (AvgIpc) is 2.34. The lowest BCUT2D eigenvalue weighted by molar-refractivity contribution is -0.296. The summed E-state index contributed by atoms with van der Waals surface area (Å²) >= 11 is 4.04. The molecule has 0 N–H and O–H groups in total. The van der Waals surface area contributed by atoms with E-state index in [1.165, 1.54) is 0 Å². The Morgan fingerprint density at radius 1 is 1.05 bits per heavy atom. The summed E-state index contributed by atoms with van der Waals surface area (Å²) in [5.74, 6) is -4.86. The van der Waals surface area contributed by atoms with Gasteiger partial charge in [-0.25, -0.2) is 0 Å². The van der Waals surface area contributed by atoms with E-state index in [0.717, 1.165) is 5.56 Å². The zero-order valence-electron chi connectivity index (χ0n) is 9.83. The first-order valence-electron chi connectivity index (χ1n) is 5.46. The van der Waals surface area contributed by atoms with Gasteiger partial charge in [-0.05, 0) is 11.3 Å². The van der Waals surface area contributed by atoms with Crippen LogP contribution in [0.4, 0.5) is 22.0 Å². The van der Waals surface area contributed by atoms with E-state index < -0.39 is 18.7 Å². The molecule has 0 aliphatic rings. The van der Waals surface area contributed by atoms with Gasteiger partial charge in [-0.3, -0.25) is 0 Å². The fourth-order valence-corrected chi connectivity index (χ4v) is 1.71. The van der Waals surface area contributed by atoms with Crippen molar-refractivity contribution in [1.29, 1.82) is 0 Å². The molecule has 1 rings (SSSR count). The van der Waals surface area contributed by atoms with Gasteiger partial charge in [0.15, 0.2) is 0 Å². The van der Waals surface area contributed by atoms with E-state index >= 15 is 0 Å². The molecule has 1 unspecified atom stereocenters. The van der Waals surface area contributed by atoms with Gasteiger partial charge in [-0.1, -0.05) is 30.3 Å². The highest BCUT2D eigenvalue weighted by molar-refractivity contribution is 7.80. The lowest BCUT2D eigenvalue weighted by Crippen LogP contribution is -2.41. The third-order valence-corrected chi connectivity index (χ3v) is 2.95. The van der Waals surface area contributed by atoms with Crippen molar-refractivity contribution in [3.63, 3.8) is 0 Å². The molecule has 0 spiro atoms. The number of rotatable bonds is 6. The van der Waals surface area contributed by atoms with Crippen molar-refractivity contribution in [3.05, 3.63) is 35.9 Å². The second-order valence-electron chi connectivity index (χ2n) is 4.01. The largest absolute Gasteiger partial charge is 0.455 e. The fourth-order valence-electron chi connectivity index (χ4n) is 1.39. The van der Waals surface area contributed by atoms with Crippen molar-refractivity contribution in [2.24, 2.45) is 0 Å². The van der Waals surface area contributed by atoms with Crippen LogP contribution in [0.1, 0.15) is 11.5 Å². The van der Waals surface area contributed by atoms with Gasteiger partial charge in [0.2, 0.25) is 0 Å². The molecule has 1 aromatic rings. The molecule has 0 radical (unpaired) electrons. The van der Waals surface area contributed by atoms with Crippen LogP contribution in [0.15, 0.2) is 30.3 Å². The van der Waals surface area contributed by atoms with Crippen molar-refractivity contribution in [3.8, 4) is 0 Å². The molecule has 19 heavy (non-hydrogen) atoms. The van der Waals surface area contributed by atoms with Gasteiger partial charge in [0, 0.05) is 5.92 Å². The van der Waals surface area contributed by atoms with Crippen LogP contribution >= 0.6 is 12.6 Å². The summed E-state index contributed by atoms with van der Waals surface area (Å²) in [5, 5.41) is 0. The summed E-state index contributed by atoms with van der Waals surface area (Å²) in [5.41, 5.74) is 0.785. The van der Waals surface area contributed by atoms with Crippen LogP contribution in [-0.4, -0.2) is 31.1 Å². The number of ether oxygens (including phenoxy) is 1. The first-order chi connectivity index (χ1) is 8.78. The van der Waals surface area contributed by atoms with E-state index in [-0.39, 0.29) is 12.5 Å². The normalized spacial score (nSPS) is 14.4. The van der Waals surface area contributed by atoms with Gasteiger partial charge in [0.1, 0.15) is 6.61 Å². The van der Waals surface area contributed by atoms with Crippen LogP contribution < -0.4 is 0 Å². The number of halogens is 5. The van der Waals surface area contributed by atoms with Gasteiger partial charge in [-0.15, -0.1) is 0 Å². The Labute approximate surface area is 113 Å². The van der Waals surface area contributed by atoms with E-state index in [9.17, 15) is 22.0 Å². The van der Waals surface area contributed by atoms with Gasteiger partial charge in [0.05, 0.1) is 6.61 Å². The number of hydrogen-bond acceptors (Lipinski definition) is 2. The van der Waals surface area contributed by atoms with Gasteiger partial charge in [0.25, 0.3) is 0 Å². The Hall–Kier alpha value is -0.820. The number of hydrogen-bond donors (Lipinski definition) is 1. The average molecular weight is 300 g/mol. The maximum Gasteiger partial charge on any atom is 0.455 e. The van der Waals surface area contributed by atoms with Gasteiger partial charge in [-0.2, -0.15) is 34.6 Å². The van der Waals surface area contributed by atoms with Gasteiger partial charge >= 0.3 is 12.1 Å². The first kappa shape index (κ1) is 16.2. The monoisotopic (exact) mass is 300 g/mol. The van der Waals surface area contributed by atoms with Crippen LogP contribution in [0.5, 0.6) is 0 Å². The van der Waals surface area contributed by atoms with E-state index in [0.29, 0.717) is 5.75 Å². The molecule has 0 aliphatic carbocycles. The summed E-state index contributed by atoms with van der Waals surface area (Å²) in [6.45, 7) is -1.91. The number of benzene rings is 1. The molecule has 0 fully saturated rings. The molecule has 108 valence electrons. The second-order valence-corrected chi connectivity index (χ2v) is 4.37. The standard InChI is InChI=1S/C12H13F5OS/c13-11(14,12(15,16)17)8-18-6-10(7-19)9-4-2-1-3-5-9/h1-5,10,19H,6-8H2. The Morgan fingerprint density at radius 2 is 1.63 bits per heavy atom. The zero-order valence-corrected chi connectivity index (χ0v) is 10.7. The Balaban J connectivity index is 2.52. The molecule has 1 aromatic carbocycles. The SMILES string of the molecule is FC(F)(F)C(F)(F)COCC(CS)c1ccccc1. The molecule has 1 atom stereocenters. The van der Waals surface area contributed by atoms with Crippen LogP contribution in [0.2, 0.25) is 0 Å². The Kier molecular flexibility index (Phi) is 5.61. The van der Waals surface area contributed by atoms with Crippen molar-refractivity contribution < 1.29 is 26.7 Å². The minimum atomic E-state index is -5.59. The summed E-state index contributed by atoms with van der Waals surface area (Å²) in [4.78, 5) is 0. The highest BCUT2D eigenvalue weighted by Gasteiger charge is 2.57. The molecule has 0 bridgehead atoms. The highest BCUT2D eigenvalue weighted by atomic mass is 32.1. The molecular formula is C12H13F5OS. The van der Waals surface area contributed by atoms with Crippen LogP contribution in [0.25, 0.3) is 0 Å². The number of thiol groups is 1. The zero-order chi connectivity index (χ0) is 14.5. The molecule has 0 aliphatic heterocycles. The third kappa shape index (κ3) is 4.65. The molecular weight excluding hydrogens is 287 g/mol. The fraction of sp³-hybridized carbons (Fsp3) is 0.500. The molecule has 0 saturated heterocycles. The molecule has 0 aromatic heterocycles. The Morgan fingerprint density at radius 3 is 2.11 bits per heavy atom. The van der Waals surface area contributed by atoms with E-state index in [1.54, 1.807) is 30.3 Å². The predicted molar refractivity (Wildman–Crippen MR) is 64.9 cm³/mol. The lowest BCUT2D eigenvalue weighted by atomic mass is 10.0. The Bertz CT molecular complexity index is 379. The summed E-state index contributed by atoms with van der Waals surface area (Å²) in [6, 6.07) is 8.75. The third-order valence-electron chi connectivity index (χ3n) is 2.51. The van der Waals surface area contributed by atoms with Crippen molar-refractivity contribution in [1.82, 2.24) is 0 Å². The van der Waals surface area contributed by atoms with Crippen molar-refractivity contribution in [2.45, 2.75) is 18.0 Å². The van der Waals surface area contributed by atoms with Crippen molar-refractivity contribution >= 4 is 12.6 Å². The molecule has 7 heteroatoms. The summed E-state index contributed by atoms with van der Waals surface area (Å²) in [7, 11) is 0. The van der Waals surface area contributed by atoms with E-state index in [4.69, 9.17) is 0 Å². The second kappa shape index (κ2) is 6.56. The molecule has 0 amide bonds. The van der Waals surface area contributed by atoms with E-state index in [1.807, 2.05) is 0 Å². The van der Waals surface area contributed by atoms with Crippen molar-refractivity contribution in [2.75, 3.05) is 19.0 Å². The number of alkyl halides is 5. The lowest BCUT2D eigenvalue weighted by Gasteiger charge is -2.21. The topological polar surface area (TPSA) is 9.23 Å². The van der Waals surface area contributed by atoms with E-state index in [2.05, 4.69) is 17.4 Å². The maximum atomic E-state index is 12.6. The summed E-state index contributed by atoms with van der Waals surface area (Å²) < 4.78 is 65.5. The van der Waals surface area contributed by atoms with Crippen LogP contribution in [0, 0.1) is 0 Å². The van der Waals surface area contributed by atoms with Crippen LogP contribution in [-0.2, 0) is 4.74 Å². The quantitative estimate of drug-likeness (QED) is 0.619. The molecule has 0 saturated carbocycles. The molecule has 0 heterocycles. The maximum absolute atomic E-state index is 12.6. The van der Waals surface area contributed by atoms with Gasteiger partial charge < -0.3 is 4.74 Å². The minimum absolute atomic E-state index is 0.237. The van der Waals surface area contributed by atoms with Crippen LogP contribution in [0.3, 0.4) is 0 Å². The smallest absolute Gasteiger partial charge is 0.374 e. The molecule has 1 nitrogen and oxygen atoms in total. The predicted octanol–water partition coefficient (Wildman–Crippen LogP) is 3.91. The highest BCUT2D eigenvalue weighted by Crippen LogP contribution is 2.35. The minimum Gasteiger partial charge on any atom is -0.374 e.